The second-order valence-electron chi connectivity index (χ2n) is 3.75. The fourth-order valence-corrected chi connectivity index (χ4v) is 1.21. The minimum absolute atomic E-state index is 0.140. The number of aromatic nitrogens is 4. The minimum atomic E-state index is -0.140. The van der Waals surface area contributed by atoms with E-state index < -0.39 is 0 Å². The molecule has 2 rings (SSSR count). The van der Waals surface area contributed by atoms with Crippen LogP contribution in [0.1, 0.15) is 31.5 Å². The molecule has 0 fully saturated rings. The molecular formula is C10H12N4O2. The van der Waals surface area contributed by atoms with Gasteiger partial charge in [0.15, 0.2) is 5.82 Å². The summed E-state index contributed by atoms with van der Waals surface area (Å²) < 4.78 is 6.45. The lowest BCUT2D eigenvalue weighted by atomic mass is 10.2. The molecule has 0 aliphatic carbocycles. The Kier molecular flexibility index (Phi) is 2.80. The van der Waals surface area contributed by atoms with Gasteiger partial charge in [-0.2, -0.15) is 4.98 Å². The zero-order valence-corrected chi connectivity index (χ0v) is 9.12. The monoisotopic (exact) mass is 220 g/mol. The average Bonchev–Trinajstić information content (AvgIpc) is 2.70. The number of hydrogen-bond acceptors (Lipinski definition) is 5. The predicted molar refractivity (Wildman–Crippen MR) is 56.0 cm³/mol. The van der Waals surface area contributed by atoms with Gasteiger partial charge in [0.1, 0.15) is 6.54 Å². The molecule has 0 aliphatic heterocycles. The van der Waals surface area contributed by atoms with Crippen LogP contribution in [0, 0.1) is 0 Å². The topological polar surface area (TPSA) is 73.8 Å². The van der Waals surface area contributed by atoms with Crippen LogP contribution >= 0.6 is 0 Å². The molecule has 0 aliphatic rings. The van der Waals surface area contributed by atoms with Crippen molar-refractivity contribution in [2.24, 2.45) is 0 Å². The quantitative estimate of drug-likeness (QED) is 0.764. The normalized spacial score (nSPS) is 10.9. The maximum atomic E-state index is 11.4. The highest BCUT2D eigenvalue weighted by Crippen LogP contribution is 2.09. The van der Waals surface area contributed by atoms with Gasteiger partial charge in [0.25, 0.3) is 5.56 Å². The van der Waals surface area contributed by atoms with Crippen LogP contribution in [0.5, 0.6) is 0 Å². The molecule has 0 saturated heterocycles. The minimum Gasteiger partial charge on any atom is -0.337 e. The van der Waals surface area contributed by atoms with Crippen LogP contribution in [-0.4, -0.2) is 19.7 Å². The highest BCUT2D eigenvalue weighted by Gasteiger charge is 2.10. The Morgan fingerprint density at radius 2 is 2.31 bits per heavy atom. The molecule has 84 valence electrons. The van der Waals surface area contributed by atoms with Crippen LogP contribution in [0.2, 0.25) is 0 Å². The van der Waals surface area contributed by atoms with Gasteiger partial charge in [-0.15, -0.1) is 0 Å². The summed E-state index contributed by atoms with van der Waals surface area (Å²) >= 11 is 0. The van der Waals surface area contributed by atoms with Crippen LogP contribution < -0.4 is 5.56 Å². The maximum absolute atomic E-state index is 11.4. The van der Waals surface area contributed by atoms with Crippen molar-refractivity contribution >= 4 is 0 Å². The van der Waals surface area contributed by atoms with E-state index in [0.717, 1.165) is 0 Å². The highest BCUT2D eigenvalue weighted by molar-refractivity contribution is 4.93. The zero-order valence-electron chi connectivity index (χ0n) is 9.12. The summed E-state index contributed by atoms with van der Waals surface area (Å²) in [6.07, 6.45) is 2.90. The molecule has 0 atom stereocenters. The molecule has 0 spiro atoms. The van der Waals surface area contributed by atoms with Gasteiger partial charge in [-0.1, -0.05) is 19.0 Å². The number of nitrogens with zero attached hydrogens (tertiary/aromatic N) is 4. The Morgan fingerprint density at radius 3 is 2.94 bits per heavy atom. The molecular weight excluding hydrogens is 208 g/mol. The van der Waals surface area contributed by atoms with Crippen molar-refractivity contribution in [2.75, 3.05) is 0 Å². The molecule has 2 heterocycles. The fraction of sp³-hybridized carbons (Fsp3) is 0.400. The Morgan fingerprint density at radius 1 is 1.50 bits per heavy atom. The molecule has 6 heteroatoms. The third-order valence-corrected chi connectivity index (χ3v) is 2.10. The van der Waals surface area contributed by atoms with Crippen LogP contribution in [-0.2, 0) is 6.54 Å². The standard InChI is InChI=1S/C10H12N4O2/c1-7(2)10-12-8(16-13-10)5-14-6-11-4-3-9(14)15/h3-4,6-7H,5H2,1-2H3. The van der Waals surface area contributed by atoms with Gasteiger partial charge in [-0.25, -0.2) is 4.98 Å². The van der Waals surface area contributed by atoms with Crippen molar-refractivity contribution in [3.05, 3.63) is 40.7 Å². The highest BCUT2D eigenvalue weighted by atomic mass is 16.5. The van der Waals surface area contributed by atoms with Gasteiger partial charge in [0.05, 0.1) is 6.33 Å². The second kappa shape index (κ2) is 4.26. The fourth-order valence-electron chi connectivity index (χ4n) is 1.21. The van der Waals surface area contributed by atoms with Gasteiger partial charge in [0, 0.05) is 18.2 Å². The van der Waals surface area contributed by atoms with E-state index >= 15 is 0 Å². The van der Waals surface area contributed by atoms with E-state index in [1.165, 1.54) is 23.2 Å². The molecule has 2 aromatic heterocycles. The van der Waals surface area contributed by atoms with Crippen molar-refractivity contribution < 1.29 is 4.52 Å². The molecule has 0 radical (unpaired) electrons. The SMILES string of the molecule is CC(C)c1noc(Cn2cnccc2=O)n1. The predicted octanol–water partition coefficient (Wildman–Crippen LogP) is 0.798. The smallest absolute Gasteiger partial charge is 0.253 e. The van der Waals surface area contributed by atoms with Crippen LogP contribution in [0.15, 0.2) is 27.9 Å². The van der Waals surface area contributed by atoms with E-state index in [0.29, 0.717) is 11.7 Å². The molecule has 0 amide bonds. The van der Waals surface area contributed by atoms with Gasteiger partial charge >= 0.3 is 0 Å². The molecule has 0 aromatic carbocycles. The first-order valence-electron chi connectivity index (χ1n) is 5.00. The summed E-state index contributed by atoms with van der Waals surface area (Å²) in [5.41, 5.74) is -0.140. The summed E-state index contributed by atoms with van der Waals surface area (Å²) in [5, 5.41) is 3.82. The Labute approximate surface area is 91.9 Å². The van der Waals surface area contributed by atoms with Crippen molar-refractivity contribution in [3.8, 4) is 0 Å². The Bertz CT molecular complexity index is 529. The van der Waals surface area contributed by atoms with Crippen molar-refractivity contribution in [1.82, 2.24) is 19.7 Å². The first kappa shape index (κ1) is 10.5. The van der Waals surface area contributed by atoms with Gasteiger partial charge in [0.2, 0.25) is 5.89 Å². The molecule has 2 aromatic rings. The molecule has 0 saturated carbocycles. The first-order chi connectivity index (χ1) is 7.66. The van der Waals surface area contributed by atoms with E-state index in [1.807, 2.05) is 13.8 Å². The molecule has 0 unspecified atom stereocenters. The lowest BCUT2D eigenvalue weighted by molar-refractivity contribution is 0.362. The van der Waals surface area contributed by atoms with Crippen LogP contribution in [0.4, 0.5) is 0 Å². The van der Waals surface area contributed by atoms with Crippen molar-refractivity contribution in [3.63, 3.8) is 0 Å². The van der Waals surface area contributed by atoms with Crippen LogP contribution in [0.25, 0.3) is 0 Å². The van der Waals surface area contributed by atoms with Crippen molar-refractivity contribution in [1.29, 1.82) is 0 Å². The molecule has 0 N–H and O–H groups in total. The summed E-state index contributed by atoms with van der Waals surface area (Å²) in [6.45, 7) is 4.21. The summed E-state index contributed by atoms with van der Waals surface area (Å²) in [4.78, 5) is 19.4. The average molecular weight is 220 g/mol. The van der Waals surface area contributed by atoms with E-state index in [9.17, 15) is 4.79 Å². The lowest BCUT2D eigenvalue weighted by Gasteiger charge is -1.98. The zero-order chi connectivity index (χ0) is 11.5. The second-order valence-corrected chi connectivity index (χ2v) is 3.75. The molecule has 6 nitrogen and oxygen atoms in total. The number of rotatable bonds is 3. The lowest BCUT2D eigenvalue weighted by Crippen LogP contribution is -2.19. The Balaban J connectivity index is 2.21. The summed E-state index contributed by atoms with van der Waals surface area (Å²) in [5.74, 6) is 1.27. The van der Waals surface area contributed by atoms with E-state index in [-0.39, 0.29) is 18.0 Å². The largest absolute Gasteiger partial charge is 0.337 e. The van der Waals surface area contributed by atoms with Crippen LogP contribution in [0.3, 0.4) is 0 Å². The summed E-state index contributed by atoms with van der Waals surface area (Å²) in [6, 6.07) is 1.39. The summed E-state index contributed by atoms with van der Waals surface area (Å²) in [7, 11) is 0. The van der Waals surface area contributed by atoms with Gasteiger partial charge < -0.3 is 4.52 Å². The Hall–Kier alpha value is -1.98. The van der Waals surface area contributed by atoms with E-state index in [2.05, 4.69) is 15.1 Å². The van der Waals surface area contributed by atoms with E-state index in [1.54, 1.807) is 0 Å². The maximum Gasteiger partial charge on any atom is 0.253 e. The first-order valence-corrected chi connectivity index (χ1v) is 5.00. The molecule has 0 bridgehead atoms. The molecule has 16 heavy (non-hydrogen) atoms. The third-order valence-electron chi connectivity index (χ3n) is 2.10. The van der Waals surface area contributed by atoms with Gasteiger partial charge in [-0.3, -0.25) is 9.36 Å². The van der Waals surface area contributed by atoms with Crippen molar-refractivity contribution in [2.45, 2.75) is 26.3 Å². The van der Waals surface area contributed by atoms with E-state index in [4.69, 9.17) is 4.52 Å². The third kappa shape index (κ3) is 2.16. The van der Waals surface area contributed by atoms with Gasteiger partial charge in [-0.05, 0) is 0 Å². The number of hydrogen-bond donors (Lipinski definition) is 0.